The first-order valence-corrected chi connectivity index (χ1v) is 12.3. The number of aliphatic hydroxyl groups excluding tert-OH is 6. The highest BCUT2D eigenvalue weighted by molar-refractivity contribution is 5.91. The lowest BCUT2D eigenvalue weighted by Gasteiger charge is -2.16. The third-order valence-electron chi connectivity index (χ3n) is 4.00. The molecular weight excluding hydrogens is 552 g/mol. The van der Waals surface area contributed by atoms with Crippen molar-refractivity contribution >= 4 is 23.9 Å². The number of unbranched alkanes of at least 4 members (excludes halogenated alkanes) is 1. The van der Waals surface area contributed by atoms with E-state index < -0.39 is 30.0 Å². The first-order valence-electron chi connectivity index (χ1n) is 12.3. The number of carboxylic acid groups (broad SMARTS) is 4. The summed E-state index contributed by atoms with van der Waals surface area (Å²) >= 11 is 0. The van der Waals surface area contributed by atoms with Crippen LogP contribution in [0.25, 0.3) is 0 Å². The van der Waals surface area contributed by atoms with Gasteiger partial charge in [-0.2, -0.15) is 0 Å². The molecule has 0 saturated carbocycles. The number of benzene rings is 1. The summed E-state index contributed by atoms with van der Waals surface area (Å²) in [5.74, 6) is -3.87. The van der Waals surface area contributed by atoms with Crippen LogP contribution in [-0.2, 0) is 14.3 Å². The summed E-state index contributed by atoms with van der Waals surface area (Å²) in [4.78, 5) is 40.5. The summed E-state index contributed by atoms with van der Waals surface area (Å²) in [5, 5.41) is 82.2. The van der Waals surface area contributed by atoms with E-state index in [0.29, 0.717) is 26.1 Å². The number of rotatable bonds is 14. The van der Waals surface area contributed by atoms with Crippen LogP contribution in [0.4, 0.5) is 0 Å². The van der Waals surface area contributed by atoms with E-state index in [2.05, 4.69) is 4.74 Å². The van der Waals surface area contributed by atoms with Crippen molar-refractivity contribution in [2.24, 2.45) is 5.41 Å². The summed E-state index contributed by atoms with van der Waals surface area (Å²) in [6, 6.07) is 5.02. The van der Waals surface area contributed by atoms with Gasteiger partial charge in [0.15, 0.2) is 0 Å². The second kappa shape index (κ2) is 29.8. The maximum Gasteiger partial charge on any atom is 0.335 e. The third-order valence-corrected chi connectivity index (χ3v) is 4.00. The van der Waals surface area contributed by atoms with Crippen LogP contribution in [0, 0.1) is 5.41 Å². The summed E-state index contributed by atoms with van der Waals surface area (Å²) < 4.78 is 4.63. The fraction of sp³-hybridized carbons (Fsp3) is 0.615. The standard InChI is InChI=1S/C8H6O4.C6H10O4.C5H12O2.C4H10O3.C3H8O2/c9-7(10)5-1-2-6(4-3-5)8(11)12;7-5(8)3-1-2-4-6(9)10;1-5(2,3-6)4-7;5-1-3-7-4-2-6;1-3(5)2-4/h1-4H,(H,9,10)(H,11,12);1-4H2,(H,7,8)(H,9,10);6-7H,3-4H2,1-2H3;5-6H,1-4H2;3-5H,2H2,1H3. The topological polar surface area (TPSA) is 280 Å². The van der Waals surface area contributed by atoms with Crippen LogP contribution in [-0.4, -0.2) is 127 Å². The predicted octanol–water partition coefficient (Wildman–Crippen LogP) is 0.143. The Labute approximate surface area is 238 Å². The quantitative estimate of drug-likeness (QED) is 0.127. The Morgan fingerprint density at radius 2 is 1.00 bits per heavy atom. The van der Waals surface area contributed by atoms with Crippen molar-refractivity contribution in [2.45, 2.75) is 52.6 Å². The molecule has 1 aromatic rings. The van der Waals surface area contributed by atoms with Crippen LogP contribution in [0.3, 0.4) is 0 Å². The minimum absolute atomic E-state index is 0.0278. The zero-order valence-electron chi connectivity index (χ0n) is 23.7. The predicted molar refractivity (Wildman–Crippen MR) is 146 cm³/mol. The second-order valence-corrected chi connectivity index (χ2v) is 8.75. The molecule has 1 aromatic carbocycles. The smallest absolute Gasteiger partial charge is 0.335 e. The van der Waals surface area contributed by atoms with Crippen molar-refractivity contribution in [3.63, 3.8) is 0 Å². The van der Waals surface area contributed by atoms with Crippen LogP contribution in [0.2, 0.25) is 0 Å². The Morgan fingerprint density at radius 1 is 0.707 bits per heavy atom. The molecular formula is C26H46O15. The van der Waals surface area contributed by atoms with Gasteiger partial charge in [0.05, 0.1) is 63.5 Å². The van der Waals surface area contributed by atoms with Crippen molar-refractivity contribution in [3.05, 3.63) is 35.4 Å². The van der Waals surface area contributed by atoms with Gasteiger partial charge in [-0.3, -0.25) is 9.59 Å². The molecule has 0 aliphatic carbocycles. The molecule has 1 atom stereocenters. The van der Waals surface area contributed by atoms with Gasteiger partial charge in [-0.05, 0) is 44.0 Å². The van der Waals surface area contributed by atoms with Crippen molar-refractivity contribution < 1.29 is 75.0 Å². The monoisotopic (exact) mass is 598 g/mol. The number of carbonyl (C=O) groups is 4. The molecule has 15 heteroatoms. The van der Waals surface area contributed by atoms with Crippen LogP contribution < -0.4 is 0 Å². The Hall–Kier alpha value is -3.18. The molecule has 0 bridgehead atoms. The molecule has 0 saturated heterocycles. The first kappa shape index (κ1) is 44.8. The molecule has 1 rings (SSSR count). The molecule has 240 valence electrons. The molecule has 0 aliphatic rings. The minimum Gasteiger partial charge on any atom is -0.481 e. The number of aliphatic carboxylic acids is 2. The van der Waals surface area contributed by atoms with Gasteiger partial charge in [-0.1, -0.05) is 13.8 Å². The summed E-state index contributed by atoms with van der Waals surface area (Å²) in [5.41, 5.74) is -0.139. The normalized spacial score (nSPS) is 10.5. The van der Waals surface area contributed by atoms with E-state index in [1.54, 1.807) is 13.8 Å². The Kier molecular flexibility index (Phi) is 32.6. The molecule has 0 heterocycles. The lowest BCUT2D eigenvalue weighted by Crippen LogP contribution is -2.20. The lowest BCUT2D eigenvalue weighted by molar-refractivity contribution is -0.139. The first-order chi connectivity index (χ1) is 19.0. The molecule has 0 aromatic heterocycles. The van der Waals surface area contributed by atoms with Gasteiger partial charge in [-0.25, -0.2) is 9.59 Å². The zero-order valence-corrected chi connectivity index (χ0v) is 23.7. The number of ether oxygens (including phenoxy) is 1. The number of hydrogen-bond acceptors (Lipinski definition) is 11. The van der Waals surface area contributed by atoms with Gasteiger partial charge in [0.2, 0.25) is 0 Å². The molecule has 0 radical (unpaired) electrons. The van der Waals surface area contributed by atoms with E-state index in [1.807, 2.05) is 0 Å². The molecule has 15 nitrogen and oxygen atoms in total. The highest BCUT2D eigenvalue weighted by atomic mass is 16.5. The molecule has 0 fully saturated rings. The molecule has 0 spiro atoms. The Morgan fingerprint density at radius 3 is 1.15 bits per heavy atom. The van der Waals surface area contributed by atoms with E-state index in [1.165, 1.54) is 31.2 Å². The SMILES string of the molecule is CC(C)(CO)CO.CC(O)CO.O=C(O)CCCCC(=O)O.O=C(O)c1ccc(C(=O)O)cc1.OCCOCCO. The minimum atomic E-state index is -1.06. The summed E-state index contributed by atoms with van der Waals surface area (Å²) in [7, 11) is 0. The zero-order chi connectivity index (χ0) is 32.9. The van der Waals surface area contributed by atoms with E-state index in [9.17, 15) is 19.2 Å². The fourth-order valence-electron chi connectivity index (χ4n) is 1.59. The van der Waals surface area contributed by atoms with Crippen molar-refractivity contribution in [3.8, 4) is 0 Å². The highest BCUT2D eigenvalue weighted by Gasteiger charge is 2.13. The van der Waals surface area contributed by atoms with Gasteiger partial charge in [-0.15, -0.1) is 0 Å². The van der Waals surface area contributed by atoms with E-state index in [4.69, 9.17) is 51.1 Å². The third kappa shape index (κ3) is 39.0. The molecule has 0 amide bonds. The van der Waals surface area contributed by atoms with Crippen LogP contribution >= 0.6 is 0 Å². The molecule has 1 unspecified atom stereocenters. The highest BCUT2D eigenvalue weighted by Crippen LogP contribution is 2.10. The number of carboxylic acids is 4. The maximum absolute atomic E-state index is 10.3. The average Bonchev–Trinajstić information content (AvgIpc) is 2.92. The van der Waals surface area contributed by atoms with Crippen molar-refractivity contribution in [2.75, 3.05) is 46.2 Å². The van der Waals surface area contributed by atoms with Crippen LogP contribution in [0.1, 0.15) is 67.2 Å². The van der Waals surface area contributed by atoms with Gasteiger partial charge in [0.1, 0.15) is 0 Å². The Bertz CT molecular complexity index is 734. The number of aliphatic hydroxyl groups is 6. The van der Waals surface area contributed by atoms with E-state index >= 15 is 0 Å². The second-order valence-electron chi connectivity index (χ2n) is 8.75. The Balaban J connectivity index is -0.000000216. The summed E-state index contributed by atoms with van der Waals surface area (Å²) in [6.45, 7) is 5.77. The molecule has 10 N–H and O–H groups in total. The maximum atomic E-state index is 10.3. The molecule has 0 aliphatic heterocycles. The van der Waals surface area contributed by atoms with Crippen molar-refractivity contribution in [1.82, 2.24) is 0 Å². The molecule has 41 heavy (non-hydrogen) atoms. The number of hydrogen-bond donors (Lipinski definition) is 10. The van der Waals surface area contributed by atoms with E-state index in [0.717, 1.165) is 0 Å². The van der Waals surface area contributed by atoms with E-state index in [-0.39, 0.29) is 62.4 Å². The van der Waals surface area contributed by atoms with Crippen molar-refractivity contribution in [1.29, 1.82) is 0 Å². The van der Waals surface area contributed by atoms with Gasteiger partial charge in [0.25, 0.3) is 0 Å². The summed E-state index contributed by atoms with van der Waals surface area (Å²) in [6.07, 6.45) is 0.457. The van der Waals surface area contributed by atoms with Crippen LogP contribution in [0.5, 0.6) is 0 Å². The van der Waals surface area contributed by atoms with Gasteiger partial charge >= 0.3 is 23.9 Å². The van der Waals surface area contributed by atoms with Gasteiger partial charge in [0, 0.05) is 18.3 Å². The number of aromatic carboxylic acids is 2. The largest absolute Gasteiger partial charge is 0.481 e. The lowest BCUT2D eigenvalue weighted by atomic mass is 9.97. The van der Waals surface area contributed by atoms with Gasteiger partial charge < -0.3 is 55.8 Å². The van der Waals surface area contributed by atoms with Crippen LogP contribution in [0.15, 0.2) is 24.3 Å². The average molecular weight is 599 g/mol. The fourth-order valence-corrected chi connectivity index (χ4v) is 1.59.